The van der Waals surface area contributed by atoms with Crippen LogP contribution in [0.4, 0.5) is 5.69 Å². The SMILES string of the molecule is CN(C(=O)c1ccc(Cl)cc1O)c1ccc(C(=O)O)cc1. The van der Waals surface area contributed by atoms with Gasteiger partial charge in [0.2, 0.25) is 0 Å². The van der Waals surface area contributed by atoms with Gasteiger partial charge in [0.05, 0.1) is 11.1 Å². The second-order valence-electron chi connectivity index (χ2n) is 4.38. The van der Waals surface area contributed by atoms with E-state index in [-0.39, 0.29) is 16.9 Å². The van der Waals surface area contributed by atoms with Gasteiger partial charge in [-0.3, -0.25) is 4.79 Å². The predicted octanol–water partition coefficient (Wildman–Crippen LogP) is 3.02. The number of nitrogens with zero attached hydrogens (tertiary/aromatic N) is 1. The summed E-state index contributed by atoms with van der Waals surface area (Å²) >= 11 is 5.72. The summed E-state index contributed by atoms with van der Waals surface area (Å²) in [6, 6.07) is 10.1. The lowest BCUT2D eigenvalue weighted by Crippen LogP contribution is -2.26. The molecule has 0 aliphatic rings. The van der Waals surface area contributed by atoms with E-state index in [1.807, 2.05) is 0 Å². The first-order valence-electron chi connectivity index (χ1n) is 6.00. The number of carbonyl (C=O) groups is 2. The molecule has 0 heterocycles. The van der Waals surface area contributed by atoms with E-state index >= 15 is 0 Å². The Hall–Kier alpha value is -2.53. The highest BCUT2D eigenvalue weighted by Gasteiger charge is 2.17. The Morgan fingerprint density at radius 1 is 1.10 bits per heavy atom. The Morgan fingerprint density at radius 3 is 2.24 bits per heavy atom. The van der Waals surface area contributed by atoms with Gasteiger partial charge < -0.3 is 15.1 Å². The van der Waals surface area contributed by atoms with Gasteiger partial charge in [0.15, 0.2) is 0 Å². The quantitative estimate of drug-likeness (QED) is 0.913. The maximum atomic E-state index is 12.3. The zero-order chi connectivity index (χ0) is 15.6. The summed E-state index contributed by atoms with van der Waals surface area (Å²) in [6.07, 6.45) is 0. The third-order valence-corrected chi connectivity index (χ3v) is 3.23. The van der Waals surface area contributed by atoms with Crippen molar-refractivity contribution in [2.24, 2.45) is 0 Å². The number of hydrogen-bond acceptors (Lipinski definition) is 3. The number of phenols is 1. The summed E-state index contributed by atoms with van der Waals surface area (Å²) in [5.41, 5.74) is 0.762. The number of aromatic carboxylic acids is 1. The minimum atomic E-state index is -1.04. The van der Waals surface area contributed by atoms with Gasteiger partial charge in [0, 0.05) is 17.8 Å². The highest BCUT2D eigenvalue weighted by atomic mass is 35.5. The molecular formula is C15H12ClNO4. The van der Waals surface area contributed by atoms with Crippen LogP contribution in [0, 0.1) is 0 Å². The number of carboxylic acids is 1. The number of anilines is 1. The fourth-order valence-electron chi connectivity index (χ4n) is 1.81. The standard InChI is InChI=1S/C15H12ClNO4/c1-17(11-5-2-9(3-6-11)15(20)21)14(19)12-7-4-10(16)8-13(12)18/h2-8,18H,1H3,(H,20,21). The van der Waals surface area contributed by atoms with Crippen molar-refractivity contribution in [3.8, 4) is 5.75 Å². The molecule has 2 rings (SSSR count). The number of aromatic hydroxyl groups is 1. The molecule has 0 aliphatic heterocycles. The summed E-state index contributed by atoms with van der Waals surface area (Å²) in [5.74, 6) is -1.67. The summed E-state index contributed by atoms with van der Waals surface area (Å²) in [6.45, 7) is 0. The summed E-state index contributed by atoms with van der Waals surface area (Å²) in [5, 5.41) is 18.9. The van der Waals surface area contributed by atoms with Crippen LogP contribution in [0.25, 0.3) is 0 Å². The molecule has 2 aromatic rings. The molecule has 2 N–H and O–H groups in total. The second kappa shape index (κ2) is 5.85. The molecule has 1 amide bonds. The maximum Gasteiger partial charge on any atom is 0.335 e. The minimum absolute atomic E-state index is 0.115. The molecule has 6 heteroatoms. The van der Waals surface area contributed by atoms with E-state index < -0.39 is 11.9 Å². The van der Waals surface area contributed by atoms with Crippen LogP contribution < -0.4 is 4.90 Å². The van der Waals surface area contributed by atoms with Crippen LogP contribution in [0.3, 0.4) is 0 Å². The van der Waals surface area contributed by atoms with Gasteiger partial charge in [-0.2, -0.15) is 0 Å². The average Bonchev–Trinajstić information content (AvgIpc) is 2.46. The number of rotatable bonds is 3. The van der Waals surface area contributed by atoms with Crippen LogP contribution in [0.5, 0.6) is 5.75 Å². The first kappa shape index (κ1) is 14.9. The monoisotopic (exact) mass is 305 g/mol. The molecule has 0 bridgehead atoms. The number of carboxylic acid groups (broad SMARTS) is 1. The fraction of sp³-hybridized carbons (Fsp3) is 0.0667. The van der Waals surface area contributed by atoms with Crippen LogP contribution in [0.15, 0.2) is 42.5 Å². The lowest BCUT2D eigenvalue weighted by Gasteiger charge is -2.18. The number of amides is 1. The topological polar surface area (TPSA) is 77.8 Å². The van der Waals surface area contributed by atoms with Crippen molar-refractivity contribution in [3.05, 3.63) is 58.6 Å². The zero-order valence-electron chi connectivity index (χ0n) is 11.1. The highest BCUT2D eigenvalue weighted by Crippen LogP contribution is 2.25. The second-order valence-corrected chi connectivity index (χ2v) is 4.81. The molecule has 0 aromatic heterocycles. The van der Waals surface area contributed by atoms with Crippen LogP contribution >= 0.6 is 11.6 Å². The van der Waals surface area contributed by atoms with Crippen molar-refractivity contribution in [1.29, 1.82) is 0 Å². The van der Waals surface area contributed by atoms with E-state index in [1.165, 1.54) is 54.4 Å². The first-order chi connectivity index (χ1) is 9.90. The summed E-state index contributed by atoms with van der Waals surface area (Å²) < 4.78 is 0. The van der Waals surface area contributed by atoms with Crippen molar-refractivity contribution in [2.75, 3.05) is 11.9 Å². The fourth-order valence-corrected chi connectivity index (χ4v) is 1.98. The number of halogens is 1. The van der Waals surface area contributed by atoms with E-state index in [0.29, 0.717) is 10.7 Å². The Bertz CT molecular complexity index is 697. The molecule has 0 radical (unpaired) electrons. The number of phenolic OH excluding ortho intramolecular Hbond substituents is 1. The third-order valence-electron chi connectivity index (χ3n) is 3.00. The van der Waals surface area contributed by atoms with Crippen LogP contribution in [-0.2, 0) is 0 Å². The van der Waals surface area contributed by atoms with Crippen molar-refractivity contribution >= 4 is 29.2 Å². The van der Waals surface area contributed by atoms with Crippen LogP contribution in [0.1, 0.15) is 20.7 Å². The molecule has 0 spiro atoms. The molecule has 21 heavy (non-hydrogen) atoms. The molecule has 0 unspecified atom stereocenters. The smallest absolute Gasteiger partial charge is 0.335 e. The number of carbonyl (C=O) groups excluding carboxylic acids is 1. The molecular weight excluding hydrogens is 294 g/mol. The van der Waals surface area contributed by atoms with Gasteiger partial charge in [-0.15, -0.1) is 0 Å². The van der Waals surface area contributed by atoms with Gasteiger partial charge in [0.25, 0.3) is 5.91 Å². The Kier molecular flexibility index (Phi) is 4.14. The largest absolute Gasteiger partial charge is 0.507 e. The molecule has 0 atom stereocenters. The van der Waals surface area contributed by atoms with Gasteiger partial charge in [0.1, 0.15) is 5.75 Å². The number of hydrogen-bond donors (Lipinski definition) is 2. The molecule has 0 aliphatic carbocycles. The van der Waals surface area contributed by atoms with Crippen molar-refractivity contribution in [1.82, 2.24) is 0 Å². The highest BCUT2D eigenvalue weighted by molar-refractivity contribution is 6.31. The van der Waals surface area contributed by atoms with E-state index in [2.05, 4.69) is 0 Å². The van der Waals surface area contributed by atoms with Gasteiger partial charge >= 0.3 is 5.97 Å². The Labute approximate surface area is 126 Å². The zero-order valence-corrected chi connectivity index (χ0v) is 11.8. The van der Waals surface area contributed by atoms with E-state index in [0.717, 1.165) is 0 Å². The van der Waals surface area contributed by atoms with E-state index in [9.17, 15) is 14.7 Å². The molecule has 2 aromatic carbocycles. The van der Waals surface area contributed by atoms with E-state index in [4.69, 9.17) is 16.7 Å². The molecule has 0 fully saturated rings. The lowest BCUT2D eigenvalue weighted by atomic mass is 10.1. The maximum absolute atomic E-state index is 12.3. The predicted molar refractivity (Wildman–Crippen MR) is 79.3 cm³/mol. The lowest BCUT2D eigenvalue weighted by molar-refractivity contribution is 0.0696. The first-order valence-corrected chi connectivity index (χ1v) is 6.38. The molecule has 5 nitrogen and oxygen atoms in total. The number of benzene rings is 2. The summed E-state index contributed by atoms with van der Waals surface area (Å²) in [4.78, 5) is 24.4. The van der Waals surface area contributed by atoms with Crippen molar-refractivity contribution in [2.45, 2.75) is 0 Å². The Morgan fingerprint density at radius 2 is 1.71 bits per heavy atom. The Balaban J connectivity index is 2.28. The van der Waals surface area contributed by atoms with Gasteiger partial charge in [-0.05, 0) is 42.5 Å². The molecule has 0 saturated carbocycles. The normalized spacial score (nSPS) is 10.2. The van der Waals surface area contributed by atoms with Crippen molar-refractivity contribution in [3.63, 3.8) is 0 Å². The van der Waals surface area contributed by atoms with Crippen molar-refractivity contribution < 1.29 is 19.8 Å². The van der Waals surface area contributed by atoms with Gasteiger partial charge in [-0.25, -0.2) is 4.79 Å². The van der Waals surface area contributed by atoms with E-state index in [1.54, 1.807) is 0 Å². The summed E-state index contributed by atoms with van der Waals surface area (Å²) in [7, 11) is 1.53. The minimum Gasteiger partial charge on any atom is -0.507 e. The molecule has 108 valence electrons. The van der Waals surface area contributed by atoms with Gasteiger partial charge in [-0.1, -0.05) is 11.6 Å². The average molecular weight is 306 g/mol. The van der Waals surface area contributed by atoms with Crippen LogP contribution in [-0.4, -0.2) is 29.1 Å². The third kappa shape index (κ3) is 3.14. The molecule has 0 saturated heterocycles. The van der Waals surface area contributed by atoms with Crippen LogP contribution in [0.2, 0.25) is 5.02 Å².